The zero-order valence-electron chi connectivity index (χ0n) is 9.10. The minimum atomic E-state index is 0.457. The van der Waals surface area contributed by atoms with Gasteiger partial charge in [-0.3, -0.25) is 0 Å². The second-order valence-electron chi connectivity index (χ2n) is 3.92. The molecule has 0 bridgehead atoms. The number of ether oxygens (including phenoxy) is 1. The average Bonchev–Trinajstić information content (AvgIpc) is 2.64. The van der Waals surface area contributed by atoms with Crippen molar-refractivity contribution in [2.45, 2.75) is 19.8 Å². The van der Waals surface area contributed by atoms with Crippen molar-refractivity contribution >= 4 is 22.5 Å². The molecule has 3 heteroatoms. The number of benzene rings is 1. The van der Waals surface area contributed by atoms with Crippen LogP contribution in [0.4, 0.5) is 0 Å². The van der Waals surface area contributed by atoms with Crippen molar-refractivity contribution in [1.29, 1.82) is 0 Å². The van der Waals surface area contributed by atoms with Gasteiger partial charge in [0, 0.05) is 11.1 Å². The summed E-state index contributed by atoms with van der Waals surface area (Å²) in [5, 5.41) is 1.78. The lowest BCUT2D eigenvalue weighted by molar-refractivity contribution is 0.420. The number of H-pyrrole nitrogens is 1. The van der Waals surface area contributed by atoms with Gasteiger partial charge in [0.2, 0.25) is 0 Å². The van der Waals surface area contributed by atoms with Crippen LogP contribution in [0.5, 0.6) is 5.75 Å². The van der Waals surface area contributed by atoms with Gasteiger partial charge in [0.05, 0.1) is 17.6 Å². The summed E-state index contributed by atoms with van der Waals surface area (Å²) in [7, 11) is 1.67. The van der Waals surface area contributed by atoms with E-state index in [4.69, 9.17) is 16.3 Å². The molecule has 0 spiro atoms. The number of methoxy groups -OCH3 is 1. The average molecular weight is 224 g/mol. The summed E-state index contributed by atoms with van der Waals surface area (Å²) in [5.41, 5.74) is 2.14. The van der Waals surface area contributed by atoms with E-state index >= 15 is 0 Å². The molecule has 0 aliphatic carbocycles. The predicted octanol–water partition coefficient (Wildman–Crippen LogP) is 3.95. The molecule has 15 heavy (non-hydrogen) atoms. The number of aromatic amines is 1. The Hall–Kier alpha value is -1.15. The molecule has 0 saturated heterocycles. The van der Waals surface area contributed by atoms with Crippen molar-refractivity contribution in [1.82, 2.24) is 4.98 Å². The second-order valence-corrected chi connectivity index (χ2v) is 4.32. The van der Waals surface area contributed by atoms with E-state index in [2.05, 4.69) is 24.9 Å². The highest BCUT2D eigenvalue weighted by Crippen LogP contribution is 2.33. The molecule has 1 N–H and O–H groups in total. The second kappa shape index (κ2) is 3.78. The van der Waals surface area contributed by atoms with Crippen molar-refractivity contribution in [2.75, 3.05) is 7.11 Å². The number of nitrogens with one attached hydrogen (secondary N) is 1. The molecule has 0 fully saturated rings. The Bertz CT molecular complexity index is 488. The van der Waals surface area contributed by atoms with E-state index in [0.29, 0.717) is 5.92 Å². The zero-order chi connectivity index (χ0) is 11.0. The molecule has 1 heterocycles. The van der Waals surface area contributed by atoms with Crippen molar-refractivity contribution in [3.63, 3.8) is 0 Å². The van der Waals surface area contributed by atoms with E-state index in [-0.39, 0.29) is 0 Å². The number of fused-ring (bicyclic) bond motifs is 1. The molecule has 0 unspecified atom stereocenters. The van der Waals surface area contributed by atoms with Gasteiger partial charge < -0.3 is 9.72 Å². The van der Waals surface area contributed by atoms with Gasteiger partial charge in [-0.15, -0.1) is 0 Å². The number of rotatable bonds is 2. The van der Waals surface area contributed by atoms with Crippen LogP contribution in [-0.2, 0) is 0 Å². The molecule has 0 atom stereocenters. The number of aromatic nitrogens is 1. The summed E-state index contributed by atoms with van der Waals surface area (Å²) in [6, 6.07) is 5.84. The molecule has 0 saturated carbocycles. The Kier molecular flexibility index (Phi) is 2.61. The van der Waals surface area contributed by atoms with Crippen molar-refractivity contribution in [3.05, 3.63) is 28.9 Å². The summed E-state index contributed by atoms with van der Waals surface area (Å²) in [6.45, 7) is 4.29. The first-order valence-corrected chi connectivity index (χ1v) is 5.36. The fourth-order valence-electron chi connectivity index (χ4n) is 1.67. The van der Waals surface area contributed by atoms with E-state index in [0.717, 1.165) is 21.7 Å². The molecule has 1 aromatic heterocycles. The van der Waals surface area contributed by atoms with Crippen LogP contribution in [0.3, 0.4) is 0 Å². The Morgan fingerprint density at radius 2 is 2.07 bits per heavy atom. The molecule has 2 nitrogen and oxygen atoms in total. The zero-order valence-corrected chi connectivity index (χ0v) is 9.85. The van der Waals surface area contributed by atoms with Gasteiger partial charge in [-0.05, 0) is 24.1 Å². The molecule has 80 valence electrons. The standard InChI is InChI=1S/C12H14ClNO/c1-7(2)10-6-8-11(15-3)5-4-9(13)12(8)14-10/h4-7,14H,1-3H3. The third-order valence-corrected chi connectivity index (χ3v) is 2.88. The molecule has 2 aromatic rings. The number of hydrogen-bond donors (Lipinski definition) is 1. The number of hydrogen-bond acceptors (Lipinski definition) is 1. The van der Waals surface area contributed by atoms with Crippen LogP contribution in [0, 0.1) is 0 Å². The summed E-state index contributed by atoms with van der Waals surface area (Å²) in [5.74, 6) is 1.32. The SMILES string of the molecule is COc1ccc(Cl)c2[nH]c(C(C)C)cc12. The van der Waals surface area contributed by atoms with E-state index in [1.54, 1.807) is 7.11 Å². The summed E-state index contributed by atoms with van der Waals surface area (Å²) < 4.78 is 5.30. The van der Waals surface area contributed by atoms with Crippen LogP contribution in [-0.4, -0.2) is 12.1 Å². The topological polar surface area (TPSA) is 25.0 Å². The van der Waals surface area contributed by atoms with Gasteiger partial charge >= 0.3 is 0 Å². The van der Waals surface area contributed by atoms with Crippen molar-refractivity contribution < 1.29 is 4.74 Å². The minimum Gasteiger partial charge on any atom is -0.496 e. The molecule has 0 aliphatic heterocycles. The van der Waals surface area contributed by atoms with Crippen LogP contribution in [0.25, 0.3) is 10.9 Å². The maximum Gasteiger partial charge on any atom is 0.128 e. The number of halogens is 1. The maximum atomic E-state index is 6.12. The minimum absolute atomic E-state index is 0.457. The van der Waals surface area contributed by atoms with Crippen LogP contribution in [0.2, 0.25) is 5.02 Å². The monoisotopic (exact) mass is 223 g/mol. The molecule has 0 radical (unpaired) electrons. The molecule has 2 rings (SSSR count). The molecule has 0 aliphatic rings. The normalized spacial score (nSPS) is 11.3. The van der Waals surface area contributed by atoms with E-state index in [9.17, 15) is 0 Å². The van der Waals surface area contributed by atoms with E-state index in [1.807, 2.05) is 12.1 Å². The third-order valence-electron chi connectivity index (χ3n) is 2.57. The quantitative estimate of drug-likeness (QED) is 0.819. The summed E-state index contributed by atoms with van der Waals surface area (Å²) in [6.07, 6.45) is 0. The first-order chi connectivity index (χ1) is 7.13. The first kappa shape index (κ1) is 10.4. The van der Waals surface area contributed by atoms with Gasteiger partial charge in [0.1, 0.15) is 5.75 Å². The lowest BCUT2D eigenvalue weighted by atomic mass is 10.1. The molecular formula is C12H14ClNO. The highest BCUT2D eigenvalue weighted by Gasteiger charge is 2.10. The Morgan fingerprint density at radius 1 is 1.33 bits per heavy atom. The molecular weight excluding hydrogens is 210 g/mol. The van der Waals surface area contributed by atoms with Crippen molar-refractivity contribution in [2.24, 2.45) is 0 Å². The van der Waals surface area contributed by atoms with Crippen LogP contribution in [0.15, 0.2) is 18.2 Å². The lowest BCUT2D eigenvalue weighted by Crippen LogP contribution is -1.84. The van der Waals surface area contributed by atoms with Crippen molar-refractivity contribution in [3.8, 4) is 5.75 Å². The largest absolute Gasteiger partial charge is 0.496 e. The predicted molar refractivity (Wildman–Crippen MR) is 63.9 cm³/mol. The van der Waals surface area contributed by atoms with Crippen LogP contribution < -0.4 is 4.74 Å². The fourth-order valence-corrected chi connectivity index (χ4v) is 1.88. The maximum absolute atomic E-state index is 6.12. The third kappa shape index (κ3) is 1.70. The van der Waals surface area contributed by atoms with Gasteiger partial charge in [-0.2, -0.15) is 0 Å². The Labute approximate surface area is 94.2 Å². The smallest absolute Gasteiger partial charge is 0.128 e. The van der Waals surface area contributed by atoms with Gasteiger partial charge in [0.25, 0.3) is 0 Å². The first-order valence-electron chi connectivity index (χ1n) is 4.98. The molecule has 0 amide bonds. The highest BCUT2D eigenvalue weighted by molar-refractivity contribution is 6.35. The lowest BCUT2D eigenvalue weighted by Gasteiger charge is -2.01. The Balaban J connectivity index is 2.72. The van der Waals surface area contributed by atoms with Gasteiger partial charge in [-0.1, -0.05) is 25.4 Å². The Morgan fingerprint density at radius 3 is 2.67 bits per heavy atom. The van der Waals surface area contributed by atoms with Crippen LogP contribution in [0.1, 0.15) is 25.5 Å². The van der Waals surface area contributed by atoms with E-state index < -0.39 is 0 Å². The van der Waals surface area contributed by atoms with Gasteiger partial charge in [0.15, 0.2) is 0 Å². The molecule has 1 aromatic carbocycles. The fraction of sp³-hybridized carbons (Fsp3) is 0.333. The van der Waals surface area contributed by atoms with Crippen LogP contribution >= 0.6 is 11.6 Å². The summed E-state index contributed by atoms with van der Waals surface area (Å²) >= 11 is 6.12. The van der Waals surface area contributed by atoms with Gasteiger partial charge in [-0.25, -0.2) is 0 Å². The summed E-state index contributed by atoms with van der Waals surface area (Å²) in [4.78, 5) is 3.33. The van der Waals surface area contributed by atoms with E-state index in [1.165, 1.54) is 5.69 Å². The highest BCUT2D eigenvalue weighted by atomic mass is 35.5.